The van der Waals surface area contributed by atoms with Crippen molar-refractivity contribution in [2.45, 2.75) is 6.92 Å². The van der Waals surface area contributed by atoms with Crippen molar-refractivity contribution in [3.8, 4) is 0 Å². The Hall–Kier alpha value is -2.53. The SMILES string of the molecule is Cc1nc2cc(N=C3C(=O)Nc4ccccc43)ccc2s1. The van der Waals surface area contributed by atoms with Crippen LogP contribution in [0.15, 0.2) is 47.5 Å². The van der Waals surface area contributed by atoms with E-state index in [9.17, 15) is 4.79 Å². The quantitative estimate of drug-likeness (QED) is 0.744. The van der Waals surface area contributed by atoms with E-state index in [0.29, 0.717) is 5.71 Å². The number of rotatable bonds is 1. The maximum atomic E-state index is 12.0. The Balaban J connectivity index is 1.84. The molecule has 1 aliphatic heterocycles. The van der Waals surface area contributed by atoms with Crippen LogP contribution >= 0.6 is 11.3 Å². The fourth-order valence-electron chi connectivity index (χ4n) is 2.44. The molecule has 0 fully saturated rings. The number of carbonyl (C=O) groups excluding carboxylic acids is 1. The predicted molar refractivity (Wildman–Crippen MR) is 85.6 cm³/mol. The van der Waals surface area contributed by atoms with E-state index >= 15 is 0 Å². The second-order valence-electron chi connectivity index (χ2n) is 4.85. The van der Waals surface area contributed by atoms with Crippen molar-refractivity contribution in [1.29, 1.82) is 0 Å². The average Bonchev–Trinajstić information content (AvgIpc) is 2.98. The Morgan fingerprint density at radius 1 is 1.19 bits per heavy atom. The van der Waals surface area contributed by atoms with E-state index < -0.39 is 0 Å². The van der Waals surface area contributed by atoms with E-state index in [1.807, 2.05) is 49.4 Å². The second-order valence-corrected chi connectivity index (χ2v) is 6.08. The van der Waals surface area contributed by atoms with Gasteiger partial charge in [0.05, 0.1) is 26.6 Å². The zero-order chi connectivity index (χ0) is 14.4. The molecule has 0 atom stereocenters. The molecule has 3 aromatic rings. The Morgan fingerprint density at radius 3 is 2.95 bits per heavy atom. The lowest BCUT2D eigenvalue weighted by Gasteiger charge is -1.98. The summed E-state index contributed by atoms with van der Waals surface area (Å²) in [5.74, 6) is -0.161. The topological polar surface area (TPSA) is 54.4 Å². The molecule has 4 rings (SSSR count). The fourth-order valence-corrected chi connectivity index (χ4v) is 3.25. The fraction of sp³-hybridized carbons (Fsp3) is 0.0625. The number of carbonyl (C=O) groups is 1. The van der Waals surface area contributed by atoms with Crippen molar-refractivity contribution in [2.75, 3.05) is 5.32 Å². The number of aromatic nitrogens is 1. The largest absolute Gasteiger partial charge is 0.320 e. The first-order valence-electron chi connectivity index (χ1n) is 6.57. The zero-order valence-electron chi connectivity index (χ0n) is 11.3. The molecule has 0 unspecified atom stereocenters. The van der Waals surface area contributed by atoms with E-state index in [-0.39, 0.29) is 5.91 Å². The van der Waals surface area contributed by atoms with Crippen LogP contribution < -0.4 is 5.32 Å². The predicted octanol–water partition coefficient (Wildman–Crippen LogP) is 3.68. The summed E-state index contributed by atoms with van der Waals surface area (Å²) in [7, 11) is 0. The molecule has 0 radical (unpaired) electrons. The lowest BCUT2D eigenvalue weighted by Crippen LogP contribution is -2.13. The van der Waals surface area contributed by atoms with Gasteiger partial charge in [0.1, 0.15) is 5.71 Å². The number of nitrogens with zero attached hydrogens (tertiary/aromatic N) is 2. The number of aryl methyl sites for hydroxylation is 1. The average molecular weight is 293 g/mol. The maximum absolute atomic E-state index is 12.0. The standard InChI is InChI=1S/C16H11N3OS/c1-9-17-13-8-10(6-7-14(13)21-9)18-15-11-4-2-3-5-12(11)19-16(15)20/h2-8H,1H3,(H,18,19,20). The van der Waals surface area contributed by atoms with Gasteiger partial charge in [-0.05, 0) is 31.2 Å². The summed E-state index contributed by atoms with van der Waals surface area (Å²) in [5, 5.41) is 3.85. The highest BCUT2D eigenvalue weighted by atomic mass is 32.1. The molecule has 0 spiro atoms. The van der Waals surface area contributed by atoms with E-state index in [0.717, 1.165) is 32.2 Å². The monoisotopic (exact) mass is 293 g/mol. The number of fused-ring (bicyclic) bond motifs is 2. The number of anilines is 1. The van der Waals surface area contributed by atoms with Gasteiger partial charge in [-0.25, -0.2) is 9.98 Å². The van der Waals surface area contributed by atoms with Crippen LogP contribution in [0.5, 0.6) is 0 Å². The summed E-state index contributed by atoms with van der Waals surface area (Å²) in [5.41, 5.74) is 3.78. The van der Waals surface area contributed by atoms with Crippen LogP contribution in [0.3, 0.4) is 0 Å². The van der Waals surface area contributed by atoms with Gasteiger partial charge >= 0.3 is 0 Å². The Bertz CT molecular complexity index is 911. The van der Waals surface area contributed by atoms with Crippen molar-refractivity contribution < 1.29 is 4.79 Å². The van der Waals surface area contributed by atoms with Gasteiger partial charge in [-0.1, -0.05) is 18.2 Å². The van der Waals surface area contributed by atoms with Crippen LogP contribution in [-0.2, 0) is 4.79 Å². The second kappa shape index (κ2) is 4.49. The third-order valence-corrected chi connectivity index (χ3v) is 4.32. The third kappa shape index (κ3) is 2.02. The highest BCUT2D eigenvalue weighted by Crippen LogP contribution is 2.28. The van der Waals surface area contributed by atoms with E-state index in [1.54, 1.807) is 11.3 Å². The smallest absolute Gasteiger partial charge is 0.275 e. The van der Waals surface area contributed by atoms with Gasteiger partial charge in [0.15, 0.2) is 0 Å². The summed E-state index contributed by atoms with van der Waals surface area (Å²) in [4.78, 5) is 21.0. The normalized spacial score (nSPS) is 15.5. The zero-order valence-corrected chi connectivity index (χ0v) is 12.1. The van der Waals surface area contributed by atoms with Gasteiger partial charge in [-0.15, -0.1) is 11.3 Å². The van der Waals surface area contributed by atoms with E-state index in [2.05, 4.69) is 15.3 Å². The third-order valence-electron chi connectivity index (χ3n) is 3.36. The minimum atomic E-state index is -0.161. The van der Waals surface area contributed by atoms with Crippen LogP contribution in [0.4, 0.5) is 11.4 Å². The van der Waals surface area contributed by atoms with Crippen LogP contribution in [0.2, 0.25) is 0 Å². The number of para-hydroxylation sites is 1. The highest BCUT2D eigenvalue weighted by Gasteiger charge is 2.25. The van der Waals surface area contributed by atoms with Crippen molar-refractivity contribution >= 4 is 44.5 Å². The Kier molecular flexibility index (Phi) is 2.62. The highest BCUT2D eigenvalue weighted by molar-refractivity contribution is 7.18. The number of amides is 1. The summed E-state index contributed by atoms with van der Waals surface area (Å²) in [6, 6.07) is 13.4. The van der Waals surface area contributed by atoms with Gasteiger partial charge in [0, 0.05) is 5.56 Å². The molecule has 4 nitrogen and oxygen atoms in total. The lowest BCUT2D eigenvalue weighted by atomic mass is 10.1. The molecule has 5 heteroatoms. The minimum Gasteiger partial charge on any atom is -0.320 e. The first-order valence-corrected chi connectivity index (χ1v) is 7.39. The molecule has 0 bridgehead atoms. The number of thiazole rings is 1. The molecule has 0 saturated heterocycles. The number of aliphatic imine (C=N–C) groups is 1. The number of nitrogens with one attached hydrogen (secondary N) is 1. The molecule has 0 saturated carbocycles. The molecule has 1 aromatic heterocycles. The maximum Gasteiger partial charge on any atom is 0.275 e. The van der Waals surface area contributed by atoms with Crippen LogP contribution in [0.1, 0.15) is 10.6 Å². The van der Waals surface area contributed by atoms with Gasteiger partial charge in [-0.2, -0.15) is 0 Å². The Morgan fingerprint density at radius 2 is 2.05 bits per heavy atom. The van der Waals surface area contributed by atoms with Crippen LogP contribution in [0, 0.1) is 6.92 Å². The van der Waals surface area contributed by atoms with Crippen molar-refractivity contribution in [2.24, 2.45) is 4.99 Å². The molecule has 1 aliphatic rings. The van der Waals surface area contributed by atoms with Gasteiger partial charge in [0.2, 0.25) is 0 Å². The lowest BCUT2D eigenvalue weighted by molar-refractivity contribution is -0.110. The van der Waals surface area contributed by atoms with Crippen LogP contribution in [0.25, 0.3) is 10.2 Å². The van der Waals surface area contributed by atoms with Gasteiger partial charge < -0.3 is 5.32 Å². The van der Waals surface area contributed by atoms with E-state index in [4.69, 9.17) is 0 Å². The molecule has 102 valence electrons. The number of hydrogen-bond acceptors (Lipinski definition) is 4. The molecule has 1 N–H and O–H groups in total. The molecule has 1 amide bonds. The first kappa shape index (κ1) is 12.2. The van der Waals surface area contributed by atoms with Gasteiger partial charge in [0.25, 0.3) is 5.91 Å². The van der Waals surface area contributed by atoms with E-state index in [1.165, 1.54) is 0 Å². The first-order chi connectivity index (χ1) is 10.2. The summed E-state index contributed by atoms with van der Waals surface area (Å²) < 4.78 is 1.13. The molecule has 2 aromatic carbocycles. The number of benzene rings is 2. The number of hydrogen-bond donors (Lipinski definition) is 1. The van der Waals surface area contributed by atoms with Crippen LogP contribution in [-0.4, -0.2) is 16.6 Å². The molecular formula is C16H11N3OS. The molecule has 0 aliphatic carbocycles. The van der Waals surface area contributed by atoms with Crippen molar-refractivity contribution in [3.05, 3.63) is 53.0 Å². The summed E-state index contributed by atoms with van der Waals surface area (Å²) >= 11 is 1.65. The van der Waals surface area contributed by atoms with Gasteiger partial charge in [-0.3, -0.25) is 4.79 Å². The molecular weight excluding hydrogens is 282 g/mol. The van der Waals surface area contributed by atoms with Crippen molar-refractivity contribution in [3.63, 3.8) is 0 Å². The molecule has 2 heterocycles. The summed E-state index contributed by atoms with van der Waals surface area (Å²) in [6.07, 6.45) is 0. The Labute approximate surface area is 125 Å². The minimum absolute atomic E-state index is 0.161. The van der Waals surface area contributed by atoms with Crippen molar-refractivity contribution in [1.82, 2.24) is 4.98 Å². The molecule has 21 heavy (non-hydrogen) atoms. The summed E-state index contributed by atoms with van der Waals surface area (Å²) in [6.45, 7) is 1.98.